The van der Waals surface area contributed by atoms with Crippen molar-refractivity contribution in [1.29, 1.82) is 0 Å². The van der Waals surface area contributed by atoms with Gasteiger partial charge >= 0.3 is 5.97 Å². The van der Waals surface area contributed by atoms with Gasteiger partial charge in [-0.1, -0.05) is 25.1 Å². The molecule has 0 amide bonds. The number of aliphatic carboxylic acids is 1. The van der Waals surface area contributed by atoms with Crippen molar-refractivity contribution < 1.29 is 27.4 Å². The summed E-state index contributed by atoms with van der Waals surface area (Å²) in [5, 5.41) is 14.5. The number of ether oxygens (including phenoxy) is 1. The molecule has 10 heteroatoms. The number of halogens is 1. The van der Waals surface area contributed by atoms with Crippen LogP contribution in [0.5, 0.6) is 5.75 Å². The van der Waals surface area contributed by atoms with Crippen LogP contribution in [0, 0.1) is 5.92 Å². The summed E-state index contributed by atoms with van der Waals surface area (Å²) < 4.78 is 46.5. The van der Waals surface area contributed by atoms with E-state index in [0.29, 0.717) is 12.2 Å². The van der Waals surface area contributed by atoms with E-state index in [2.05, 4.69) is 5.10 Å². The number of carboxylic acid groups (broad SMARTS) is 1. The molecule has 4 rings (SSSR count). The molecule has 0 saturated carbocycles. The van der Waals surface area contributed by atoms with Gasteiger partial charge in [0, 0.05) is 18.5 Å². The minimum atomic E-state index is -3.76. The number of para-hydroxylation sites is 1. The van der Waals surface area contributed by atoms with E-state index >= 15 is 0 Å². The molecule has 0 spiro atoms. The van der Waals surface area contributed by atoms with E-state index < -0.39 is 22.9 Å². The Labute approximate surface area is 178 Å². The Balaban J connectivity index is 1.64. The lowest BCUT2D eigenvalue weighted by atomic mass is 10.1. The van der Waals surface area contributed by atoms with E-state index in [9.17, 15) is 22.7 Å². The number of hydrogen-bond acceptors (Lipinski definition) is 5. The van der Waals surface area contributed by atoms with Crippen molar-refractivity contribution in [3.8, 4) is 5.75 Å². The van der Waals surface area contributed by atoms with Gasteiger partial charge in [0.15, 0.2) is 0 Å². The Kier molecular flexibility index (Phi) is 5.67. The van der Waals surface area contributed by atoms with Gasteiger partial charge in [0.05, 0.1) is 28.6 Å². The first kappa shape index (κ1) is 21.3. The third-order valence-electron chi connectivity index (χ3n) is 5.54. The van der Waals surface area contributed by atoms with Gasteiger partial charge in [0.1, 0.15) is 5.75 Å². The highest BCUT2D eigenvalue weighted by Crippen LogP contribution is 2.34. The molecule has 1 aliphatic rings. The summed E-state index contributed by atoms with van der Waals surface area (Å²) in [7, 11) is -3.76. The zero-order valence-electron chi connectivity index (χ0n) is 16.8. The fourth-order valence-corrected chi connectivity index (χ4v) is 5.58. The van der Waals surface area contributed by atoms with E-state index in [-0.39, 0.29) is 35.6 Å². The Hall–Kier alpha value is -2.98. The van der Waals surface area contributed by atoms with Crippen LogP contribution in [-0.2, 0) is 21.2 Å². The van der Waals surface area contributed by atoms with Crippen molar-refractivity contribution in [2.24, 2.45) is 5.92 Å². The first-order chi connectivity index (χ1) is 14.8. The average Bonchev–Trinajstić information content (AvgIpc) is 3.29. The number of hydrogen-bond donors (Lipinski definition) is 1. The first-order valence-electron chi connectivity index (χ1n) is 9.78. The minimum absolute atomic E-state index is 0.0371. The quantitative estimate of drug-likeness (QED) is 0.598. The maximum Gasteiger partial charge on any atom is 0.309 e. The zero-order chi connectivity index (χ0) is 22.2. The van der Waals surface area contributed by atoms with E-state index in [1.165, 1.54) is 28.6 Å². The molecule has 1 fully saturated rings. The summed E-state index contributed by atoms with van der Waals surface area (Å²) in [4.78, 5) is 11.3. The molecule has 1 aliphatic heterocycles. The van der Waals surface area contributed by atoms with Crippen molar-refractivity contribution in [2.75, 3.05) is 20.0 Å². The van der Waals surface area contributed by atoms with E-state index in [1.807, 2.05) is 31.2 Å². The van der Waals surface area contributed by atoms with Gasteiger partial charge in [-0.25, -0.2) is 12.8 Å². The van der Waals surface area contributed by atoms with Crippen LogP contribution in [0.1, 0.15) is 18.7 Å². The van der Waals surface area contributed by atoms with Crippen molar-refractivity contribution >= 4 is 26.9 Å². The second-order valence-electron chi connectivity index (χ2n) is 7.57. The molecule has 0 unspecified atom stereocenters. The molecule has 0 radical (unpaired) electrons. The third-order valence-corrected chi connectivity index (χ3v) is 7.39. The zero-order valence-corrected chi connectivity index (χ0v) is 17.6. The van der Waals surface area contributed by atoms with Gasteiger partial charge in [-0.05, 0) is 36.2 Å². The Morgan fingerprint density at radius 1 is 1.19 bits per heavy atom. The smallest absolute Gasteiger partial charge is 0.309 e. The molecule has 1 aromatic heterocycles. The molecule has 3 aromatic rings. The number of benzene rings is 2. The highest BCUT2D eigenvalue weighted by Gasteiger charge is 2.39. The summed E-state index contributed by atoms with van der Waals surface area (Å²) in [5.74, 6) is -0.757. The molecular formula is C21H22FN3O5S. The maximum atomic E-state index is 13.1. The van der Waals surface area contributed by atoms with Crippen LogP contribution in [-0.4, -0.2) is 53.5 Å². The molecular weight excluding hydrogens is 425 g/mol. The number of nitrogens with zero attached hydrogens (tertiary/aromatic N) is 3. The van der Waals surface area contributed by atoms with Crippen LogP contribution in [0.3, 0.4) is 0 Å². The summed E-state index contributed by atoms with van der Waals surface area (Å²) >= 11 is 0. The summed E-state index contributed by atoms with van der Waals surface area (Å²) in [5.41, 5.74) is 1.24. The minimum Gasteiger partial charge on any atom is -0.481 e. The van der Waals surface area contributed by atoms with Crippen LogP contribution in [0.2, 0.25) is 0 Å². The van der Waals surface area contributed by atoms with E-state index in [1.54, 1.807) is 4.68 Å². The van der Waals surface area contributed by atoms with Crippen molar-refractivity contribution in [3.05, 3.63) is 54.2 Å². The normalized spacial score (nSPS) is 19.7. The number of aromatic nitrogens is 2. The van der Waals surface area contributed by atoms with Gasteiger partial charge in [-0.15, -0.1) is 0 Å². The molecule has 2 atom stereocenters. The van der Waals surface area contributed by atoms with E-state index in [4.69, 9.17) is 4.74 Å². The number of carboxylic acids is 1. The first-order valence-corrected chi connectivity index (χ1v) is 11.2. The molecule has 31 heavy (non-hydrogen) atoms. The number of rotatable bonds is 7. The predicted octanol–water partition coefficient (Wildman–Crippen LogP) is 2.85. The molecule has 164 valence electrons. The van der Waals surface area contributed by atoms with Crippen molar-refractivity contribution in [2.45, 2.75) is 24.3 Å². The number of sulfonamides is 1. The molecule has 8 nitrogen and oxygen atoms in total. The number of fused-ring (bicyclic) bond motifs is 1. The van der Waals surface area contributed by atoms with Crippen molar-refractivity contribution in [1.82, 2.24) is 14.1 Å². The Morgan fingerprint density at radius 2 is 1.90 bits per heavy atom. The predicted molar refractivity (Wildman–Crippen MR) is 111 cm³/mol. The topological polar surface area (TPSA) is 102 Å². The standard InChI is InChI=1S/C21H22FN3O5S/c1-14-11-24(31(28,29)16-8-6-15(7-9-16)30-13-22)12-20(14)25-19-5-3-2-4-17(19)18(23-25)10-21(26)27/h2-9,14,20H,10-13H2,1H3,(H,26,27)/t14-,20+/m1/s1. The van der Waals surface area contributed by atoms with Gasteiger partial charge < -0.3 is 9.84 Å². The van der Waals surface area contributed by atoms with Gasteiger partial charge in [-0.3, -0.25) is 9.48 Å². The highest BCUT2D eigenvalue weighted by molar-refractivity contribution is 7.89. The number of alkyl halides is 1. The summed E-state index contributed by atoms with van der Waals surface area (Å²) in [6, 6.07) is 12.7. The molecule has 1 saturated heterocycles. The van der Waals surface area contributed by atoms with Crippen molar-refractivity contribution in [3.63, 3.8) is 0 Å². The summed E-state index contributed by atoms with van der Waals surface area (Å²) in [6.07, 6.45) is -0.204. The molecule has 1 N–H and O–H groups in total. The van der Waals surface area contributed by atoms with E-state index in [0.717, 1.165) is 10.9 Å². The lowest BCUT2D eigenvalue weighted by Crippen LogP contribution is -2.29. The highest BCUT2D eigenvalue weighted by atomic mass is 32.2. The fraction of sp³-hybridized carbons (Fsp3) is 0.333. The summed E-state index contributed by atoms with van der Waals surface area (Å²) in [6.45, 7) is 1.48. The van der Waals surface area contributed by atoms with Gasteiger partial charge in [-0.2, -0.15) is 9.40 Å². The SMILES string of the molecule is C[C@@H]1CN(S(=O)(=O)c2ccc(OCF)cc2)C[C@@H]1n1nc(CC(=O)O)c2ccccc21. The number of carbonyl (C=O) groups is 1. The molecule has 0 aliphatic carbocycles. The Bertz CT molecular complexity index is 1210. The van der Waals surface area contributed by atoms with Crippen LogP contribution in [0.25, 0.3) is 10.9 Å². The van der Waals surface area contributed by atoms with Gasteiger partial charge in [0.25, 0.3) is 0 Å². The second kappa shape index (κ2) is 8.27. The molecule has 2 aromatic carbocycles. The van der Waals surface area contributed by atoms with Crippen LogP contribution in [0.15, 0.2) is 53.4 Å². The van der Waals surface area contributed by atoms with Gasteiger partial charge in [0.2, 0.25) is 16.9 Å². The lowest BCUT2D eigenvalue weighted by molar-refractivity contribution is -0.136. The average molecular weight is 447 g/mol. The largest absolute Gasteiger partial charge is 0.481 e. The molecule has 2 heterocycles. The lowest BCUT2D eigenvalue weighted by Gasteiger charge is -2.17. The van der Waals surface area contributed by atoms with Crippen LogP contribution in [0.4, 0.5) is 4.39 Å². The van der Waals surface area contributed by atoms with Crippen LogP contribution < -0.4 is 4.74 Å². The monoisotopic (exact) mass is 447 g/mol. The second-order valence-corrected chi connectivity index (χ2v) is 9.51. The Morgan fingerprint density at radius 3 is 2.58 bits per heavy atom. The molecule has 0 bridgehead atoms. The van der Waals surface area contributed by atoms with Crippen LogP contribution >= 0.6 is 0 Å². The maximum absolute atomic E-state index is 13.1. The fourth-order valence-electron chi connectivity index (χ4n) is 4.02. The third kappa shape index (κ3) is 4.00.